The quantitative estimate of drug-likeness (QED) is 0.646. The highest BCUT2D eigenvalue weighted by molar-refractivity contribution is 7.08. The summed E-state index contributed by atoms with van der Waals surface area (Å²) >= 11 is 1.59. The van der Waals surface area contributed by atoms with Crippen LogP contribution in [0.5, 0.6) is 0 Å². The number of hydrogen-bond donors (Lipinski definition) is 2. The summed E-state index contributed by atoms with van der Waals surface area (Å²) in [5, 5.41) is 16.1. The molecule has 0 unspecified atom stereocenters. The minimum Gasteiger partial charge on any atom is -0.459 e. The Hall–Kier alpha value is -2.22. The summed E-state index contributed by atoms with van der Waals surface area (Å²) in [6, 6.07) is 8.36. The number of allylic oxidation sites excluding steroid dienone is 1. The van der Waals surface area contributed by atoms with E-state index in [1.54, 1.807) is 29.5 Å². The van der Waals surface area contributed by atoms with E-state index in [1.807, 2.05) is 24.4 Å². The topological polar surface area (TPSA) is 67.8 Å². The molecule has 0 saturated heterocycles. The Bertz CT molecular complexity index is 824. The van der Waals surface area contributed by atoms with E-state index in [4.69, 9.17) is 9.47 Å². The van der Waals surface area contributed by atoms with Crippen molar-refractivity contribution < 1.29 is 23.8 Å². The molecule has 0 saturated carbocycles. The summed E-state index contributed by atoms with van der Waals surface area (Å²) in [7, 11) is 0. The molecule has 0 aliphatic carbocycles. The fourth-order valence-corrected chi connectivity index (χ4v) is 4.22. The highest BCUT2D eigenvalue weighted by atomic mass is 32.1. The molecule has 3 atom stereocenters. The lowest BCUT2D eigenvalue weighted by molar-refractivity contribution is -0.166. The first-order chi connectivity index (χ1) is 14.1. The Morgan fingerprint density at radius 1 is 1.34 bits per heavy atom. The Kier molecular flexibility index (Phi) is 7.80. The Morgan fingerprint density at radius 2 is 2.17 bits per heavy atom. The van der Waals surface area contributed by atoms with Crippen molar-refractivity contribution in [3.8, 4) is 0 Å². The van der Waals surface area contributed by atoms with E-state index in [0.717, 1.165) is 5.56 Å². The van der Waals surface area contributed by atoms with Crippen molar-refractivity contribution >= 4 is 17.2 Å². The predicted molar refractivity (Wildman–Crippen MR) is 110 cm³/mol. The van der Waals surface area contributed by atoms with E-state index in [9.17, 15) is 14.3 Å². The molecule has 1 aromatic heterocycles. The van der Waals surface area contributed by atoms with Gasteiger partial charge in [-0.05, 0) is 54.3 Å². The number of benzene rings is 1. The Balaban J connectivity index is 1.80. The maximum Gasteiger partial charge on any atom is 0.286 e. The number of aliphatic hydroxyl groups is 1. The van der Waals surface area contributed by atoms with Crippen LogP contribution >= 0.6 is 11.3 Å². The van der Waals surface area contributed by atoms with Crippen LogP contribution in [-0.4, -0.2) is 30.5 Å². The lowest BCUT2D eigenvalue weighted by Crippen LogP contribution is -2.38. The summed E-state index contributed by atoms with van der Waals surface area (Å²) < 4.78 is 25.5. The lowest BCUT2D eigenvalue weighted by Gasteiger charge is -2.36. The Labute approximate surface area is 174 Å². The van der Waals surface area contributed by atoms with Crippen molar-refractivity contribution in [3.63, 3.8) is 0 Å². The lowest BCUT2D eigenvalue weighted by atomic mass is 9.81. The molecule has 5 nitrogen and oxygen atoms in total. The van der Waals surface area contributed by atoms with Crippen LogP contribution in [0.1, 0.15) is 36.8 Å². The molecule has 1 aliphatic rings. The molecule has 1 aromatic carbocycles. The third kappa shape index (κ3) is 5.44. The molecule has 2 N–H and O–H groups in total. The third-order valence-corrected chi connectivity index (χ3v) is 5.66. The minimum absolute atomic E-state index is 0.0141. The zero-order valence-corrected chi connectivity index (χ0v) is 17.2. The number of hydrogen-bond acceptors (Lipinski definition) is 5. The standard InChI is InChI=1S/C22H26FNO4S/c1-2-27-22-17(7-5-10-25)18(16-9-11-29-14-16)12-20(28-22)21(26)24-13-15-6-3-4-8-19(15)23/h3-4,6,8-9,11-12,14,17-18,22,25H,2,5,7,10,13H2,1H3,(H,24,26)/t17-,18+,22+/m1/s1. The van der Waals surface area contributed by atoms with Gasteiger partial charge in [0.05, 0.1) is 0 Å². The molecule has 7 heteroatoms. The Morgan fingerprint density at radius 3 is 2.86 bits per heavy atom. The second kappa shape index (κ2) is 10.5. The van der Waals surface area contributed by atoms with Gasteiger partial charge in [0, 0.05) is 37.2 Å². The summed E-state index contributed by atoms with van der Waals surface area (Å²) in [4.78, 5) is 12.7. The number of ether oxygens (including phenoxy) is 2. The SMILES string of the molecule is CCO[C@H]1OC(C(=O)NCc2ccccc2F)=C[C@@H](c2ccsc2)[C@H]1CCCO. The van der Waals surface area contributed by atoms with Crippen LogP contribution in [0.2, 0.25) is 0 Å². The van der Waals surface area contributed by atoms with Gasteiger partial charge in [-0.25, -0.2) is 4.39 Å². The first kappa shape index (κ1) is 21.5. The first-order valence-electron chi connectivity index (χ1n) is 9.78. The smallest absolute Gasteiger partial charge is 0.286 e. The molecule has 1 amide bonds. The maximum atomic E-state index is 13.8. The van der Waals surface area contributed by atoms with Gasteiger partial charge < -0.3 is 19.9 Å². The fraction of sp³-hybridized carbons (Fsp3) is 0.409. The van der Waals surface area contributed by atoms with E-state index in [2.05, 4.69) is 10.7 Å². The van der Waals surface area contributed by atoms with Crippen LogP contribution in [0.4, 0.5) is 4.39 Å². The molecule has 0 bridgehead atoms. The number of rotatable bonds is 9. The fourth-order valence-electron chi connectivity index (χ4n) is 3.51. The van der Waals surface area contributed by atoms with Crippen LogP contribution < -0.4 is 5.32 Å². The summed E-state index contributed by atoms with van der Waals surface area (Å²) in [5.41, 5.74) is 1.50. The number of carbonyl (C=O) groups excluding carboxylic acids is 1. The summed E-state index contributed by atoms with van der Waals surface area (Å²) in [5.74, 6) is -0.666. The van der Waals surface area contributed by atoms with Crippen LogP contribution in [-0.2, 0) is 20.8 Å². The molecule has 0 spiro atoms. The van der Waals surface area contributed by atoms with Gasteiger partial charge in [-0.15, -0.1) is 0 Å². The first-order valence-corrected chi connectivity index (χ1v) is 10.7. The van der Waals surface area contributed by atoms with Gasteiger partial charge in [0.25, 0.3) is 5.91 Å². The van der Waals surface area contributed by atoms with E-state index < -0.39 is 12.2 Å². The highest BCUT2D eigenvalue weighted by Gasteiger charge is 2.37. The number of halogens is 1. The molecule has 2 heterocycles. The van der Waals surface area contributed by atoms with E-state index in [0.29, 0.717) is 25.0 Å². The van der Waals surface area contributed by atoms with Gasteiger partial charge in [-0.1, -0.05) is 18.2 Å². The van der Waals surface area contributed by atoms with Gasteiger partial charge >= 0.3 is 0 Å². The third-order valence-electron chi connectivity index (χ3n) is 4.96. The van der Waals surface area contributed by atoms with Gasteiger partial charge in [-0.2, -0.15) is 11.3 Å². The zero-order chi connectivity index (χ0) is 20.6. The molecule has 0 fully saturated rings. The van der Waals surface area contributed by atoms with Crippen molar-refractivity contribution in [2.75, 3.05) is 13.2 Å². The van der Waals surface area contributed by atoms with Gasteiger partial charge in [0.1, 0.15) is 5.82 Å². The molecule has 1 aliphatic heterocycles. The molecule has 156 valence electrons. The number of aliphatic hydroxyl groups excluding tert-OH is 1. The van der Waals surface area contributed by atoms with Crippen molar-refractivity contribution in [2.24, 2.45) is 5.92 Å². The van der Waals surface area contributed by atoms with Gasteiger partial charge in [0.2, 0.25) is 6.29 Å². The predicted octanol–water partition coefficient (Wildman–Crippen LogP) is 3.95. The van der Waals surface area contributed by atoms with Gasteiger partial charge in [-0.3, -0.25) is 4.79 Å². The number of nitrogens with one attached hydrogen (secondary N) is 1. The van der Waals surface area contributed by atoms with Crippen molar-refractivity contribution in [1.29, 1.82) is 0 Å². The number of carbonyl (C=O) groups is 1. The van der Waals surface area contributed by atoms with Crippen molar-refractivity contribution in [3.05, 3.63) is 69.9 Å². The van der Waals surface area contributed by atoms with E-state index in [1.165, 1.54) is 6.07 Å². The number of thiophene rings is 1. The van der Waals surface area contributed by atoms with Crippen molar-refractivity contribution in [1.82, 2.24) is 5.32 Å². The maximum absolute atomic E-state index is 13.8. The van der Waals surface area contributed by atoms with Gasteiger partial charge in [0.15, 0.2) is 5.76 Å². The normalized spacial score (nSPS) is 21.3. The number of amides is 1. The summed E-state index contributed by atoms with van der Waals surface area (Å²) in [6.45, 7) is 2.48. The average Bonchev–Trinajstić information content (AvgIpc) is 3.26. The largest absolute Gasteiger partial charge is 0.459 e. The minimum atomic E-state index is -0.587. The molecule has 2 aromatic rings. The van der Waals surface area contributed by atoms with Crippen LogP contribution in [0, 0.1) is 11.7 Å². The van der Waals surface area contributed by atoms with Crippen molar-refractivity contribution in [2.45, 2.75) is 38.5 Å². The molecule has 3 rings (SSSR count). The summed E-state index contributed by atoms with van der Waals surface area (Å²) in [6.07, 6.45) is 2.56. The molecular formula is C22H26FNO4S. The second-order valence-electron chi connectivity index (χ2n) is 6.86. The monoisotopic (exact) mass is 419 g/mol. The zero-order valence-electron chi connectivity index (χ0n) is 16.3. The van der Waals surface area contributed by atoms with E-state index >= 15 is 0 Å². The highest BCUT2D eigenvalue weighted by Crippen LogP contribution is 2.40. The molecular weight excluding hydrogens is 393 g/mol. The average molecular weight is 420 g/mol. The molecule has 29 heavy (non-hydrogen) atoms. The van der Waals surface area contributed by atoms with Crippen LogP contribution in [0.25, 0.3) is 0 Å². The molecule has 0 radical (unpaired) electrons. The van der Waals surface area contributed by atoms with Crippen LogP contribution in [0.15, 0.2) is 52.9 Å². The van der Waals surface area contributed by atoms with Crippen LogP contribution in [0.3, 0.4) is 0 Å². The van der Waals surface area contributed by atoms with E-state index in [-0.39, 0.29) is 36.6 Å². The second-order valence-corrected chi connectivity index (χ2v) is 7.64.